The first-order valence-corrected chi connectivity index (χ1v) is 9.67. The summed E-state index contributed by atoms with van der Waals surface area (Å²) < 4.78 is 1.91. The van der Waals surface area contributed by atoms with Crippen molar-refractivity contribution < 1.29 is 14.7 Å². The summed E-state index contributed by atoms with van der Waals surface area (Å²) in [5.74, 6) is -0.899. The number of hydrazone groups is 1. The molecule has 5 rings (SSSR count). The molecular weight excluding hydrogens is 380 g/mol. The fraction of sp³-hybridized carbons (Fsp3) is 0.130. The fourth-order valence-corrected chi connectivity index (χ4v) is 3.47. The molecule has 2 aromatic carbocycles. The lowest BCUT2D eigenvalue weighted by Gasteiger charge is -2.11. The molecule has 0 atom stereocenters. The largest absolute Gasteiger partial charge is 0.478 e. The maximum Gasteiger partial charge on any atom is 0.335 e. The minimum atomic E-state index is -1.00. The number of anilines is 1. The second-order valence-electron chi connectivity index (χ2n) is 7.35. The summed E-state index contributed by atoms with van der Waals surface area (Å²) in [4.78, 5) is 28.3. The number of nitrogens with zero attached hydrogens (tertiary/aromatic N) is 4. The lowest BCUT2D eigenvalue weighted by molar-refractivity contribution is -0.114. The highest BCUT2D eigenvalue weighted by Gasteiger charge is 2.39. The second-order valence-corrected chi connectivity index (χ2v) is 7.35. The number of hydrogen-bond donors (Lipinski definition) is 1. The molecule has 1 amide bonds. The summed E-state index contributed by atoms with van der Waals surface area (Å²) in [5.41, 5.74) is 4.03. The summed E-state index contributed by atoms with van der Waals surface area (Å²) >= 11 is 0. The van der Waals surface area contributed by atoms with Gasteiger partial charge in [0.25, 0.3) is 5.91 Å². The van der Waals surface area contributed by atoms with E-state index in [-0.39, 0.29) is 11.5 Å². The molecule has 7 nitrogen and oxygen atoms in total. The lowest BCUT2D eigenvalue weighted by Crippen LogP contribution is -2.21. The molecule has 0 saturated heterocycles. The number of amides is 1. The Morgan fingerprint density at radius 1 is 1.03 bits per heavy atom. The van der Waals surface area contributed by atoms with Gasteiger partial charge in [0.05, 0.1) is 28.9 Å². The van der Waals surface area contributed by atoms with Gasteiger partial charge in [0, 0.05) is 24.0 Å². The quantitative estimate of drug-likeness (QED) is 0.663. The zero-order valence-corrected chi connectivity index (χ0v) is 16.0. The van der Waals surface area contributed by atoms with Crippen molar-refractivity contribution in [2.45, 2.75) is 12.8 Å². The molecule has 2 heterocycles. The number of carboxylic acid groups (broad SMARTS) is 1. The Kier molecular flexibility index (Phi) is 4.28. The van der Waals surface area contributed by atoms with Gasteiger partial charge >= 0.3 is 5.97 Å². The van der Waals surface area contributed by atoms with E-state index >= 15 is 0 Å². The van der Waals surface area contributed by atoms with E-state index in [1.165, 1.54) is 17.1 Å². The molecular formula is C23H18N4O3. The molecule has 0 unspecified atom stereocenters. The van der Waals surface area contributed by atoms with E-state index < -0.39 is 5.97 Å². The predicted molar refractivity (Wildman–Crippen MR) is 113 cm³/mol. The van der Waals surface area contributed by atoms with Gasteiger partial charge in [0.2, 0.25) is 0 Å². The summed E-state index contributed by atoms with van der Waals surface area (Å²) in [6, 6.07) is 14.1. The SMILES string of the molecule is O=C(O)c1ccc(N2N=C(C3CC3)/C(=C/c3ccc(-n4ccnc4)cc3)C2=O)cc1. The van der Waals surface area contributed by atoms with E-state index in [9.17, 15) is 9.59 Å². The number of imidazole rings is 1. The second kappa shape index (κ2) is 7.11. The Bertz CT molecular complexity index is 1170. The van der Waals surface area contributed by atoms with Gasteiger partial charge in [-0.1, -0.05) is 12.1 Å². The maximum absolute atomic E-state index is 13.1. The molecule has 1 aliphatic heterocycles. The van der Waals surface area contributed by atoms with Crippen LogP contribution in [0.5, 0.6) is 0 Å². The van der Waals surface area contributed by atoms with Crippen LogP contribution in [0.2, 0.25) is 0 Å². The van der Waals surface area contributed by atoms with Crippen LogP contribution in [0.4, 0.5) is 5.69 Å². The highest BCUT2D eigenvalue weighted by molar-refractivity contribution is 6.33. The fourth-order valence-electron chi connectivity index (χ4n) is 3.47. The minimum absolute atomic E-state index is 0.172. The zero-order chi connectivity index (χ0) is 20.7. The van der Waals surface area contributed by atoms with E-state index in [1.54, 1.807) is 24.7 Å². The van der Waals surface area contributed by atoms with Crippen LogP contribution in [0.15, 0.2) is 77.9 Å². The summed E-state index contributed by atoms with van der Waals surface area (Å²) in [5, 5.41) is 15.0. The smallest absolute Gasteiger partial charge is 0.335 e. The van der Waals surface area contributed by atoms with Crippen molar-refractivity contribution in [1.29, 1.82) is 0 Å². The van der Waals surface area contributed by atoms with E-state index in [1.807, 2.05) is 41.1 Å². The van der Waals surface area contributed by atoms with Crippen molar-refractivity contribution in [3.8, 4) is 5.69 Å². The summed E-state index contributed by atoms with van der Waals surface area (Å²) in [6.07, 6.45) is 9.26. The van der Waals surface area contributed by atoms with E-state index in [0.717, 1.165) is 29.8 Å². The van der Waals surface area contributed by atoms with E-state index in [4.69, 9.17) is 5.11 Å². The Morgan fingerprint density at radius 3 is 2.33 bits per heavy atom. The van der Waals surface area contributed by atoms with Gasteiger partial charge in [-0.25, -0.2) is 9.78 Å². The molecule has 30 heavy (non-hydrogen) atoms. The Hall–Kier alpha value is -4.00. The third kappa shape index (κ3) is 3.30. The number of carbonyl (C=O) groups excluding carboxylic acids is 1. The van der Waals surface area contributed by atoms with Gasteiger partial charge in [0.1, 0.15) is 0 Å². The van der Waals surface area contributed by atoms with Gasteiger partial charge in [-0.05, 0) is 60.9 Å². The van der Waals surface area contributed by atoms with Gasteiger partial charge in [-0.2, -0.15) is 10.1 Å². The molecule has 3 aromatic rings. The third-order valence-corrected chi connectivity index (χ3v) is 5.24. The number of aromatic carboxylic acids is 1. The topological polar surface area (TPSA) is 87.8 Å². The van der Waals surface area contributed by atoms with Crippen molar-refractivity contribution in [2.75, 3.05) is 5.01 Å². The summed E-state index contributed by atoms with van der Waals surface area (Å²) in [6.45, 7) is 0. The van der Waals surface area contributed by atoms with Crippen molar-refractivity contribution in [3.63, 3.8) is 0 Å². The molecule has 0 radical (unpaired) electrons. The number of rotatable bonds is 5. The number of carboxylic acids is 1. The zero-order valence-electron chi connectivity index (χ0n) is 16.0. The molecule has 7 heteroatoms. The number of aromatic nitrogens is 2. The van der Waals surface area contributed by atoms with Gasteiger partial charge in [-0.15, -0.1) is 0 Å². The van der Waals surface area contributed by atoms with Crippen molar-refractivity contribution in [1.82, 2.24) is 9.55 Å². The number of benzene rings is 2. The van der Waals surface area contributed by atoms with Crippen molar-refractivity contribution in [2.24, 2.45) is 11.0 Å². The summed E-state index contributed by atoms with van der Waals surface area (Å²) in [7, 11) is 0. The molecule has 1 aromatic heterocycles. The lowest BCUT2D eigenvalue weighted by atomic mass is 10.0. The van der Waals surface area contributed by atoms with Crippen LogP contribution < -0.4 is 5.01 Å². The Morgan fingerprint density at radius 2 is 1.73 bits per heavy atom. The maximum atomic E-state index is 13.1. The van der Waals surface area contributed by atoms with E-state index in [0.29, 0.717) is 17.2 Å². The molecule has 0 bridgehead atoms. The molecule has 0 spiro atoms. The molecule has 148 valence electrons. The first-order chi connectivity index (χ1) is 14.6. The molecule has 1 fully saturated rings. The first kappa shape index (κ1) is 18.1. The first-order valence-electron chi connectivity index (χ1n) is 9.67. The monoisotopic (exact) mass is 398 g/mol. The van der Waals surface area contributed by atoms with Crippen LogP contribution in [0, 0.1) is 5.92 Å². The third-order valence-electron chi connectivity index (χ3n) is 5.24. The molecule has 1 saturated carbocycles. The Balaban J connectivity index is 1.45. The van der Waals surface area contributed by atoms with E-state index in [2.05, 4.69) is 10.1 Å². The van der Waals surface area contributed by atoms with Crippen molar-refractivity contribution in [3.05, 3.63) is 84.0 Å². The van der Waals surface area contributed by atoms with Crippen LogP contribution >= 0.6 is 0 Å². The van der Waals surface area contributed by atoms with Crippen LogP contribution in [-0.4, -0.2) is 32.2 Å². The van der Waals surface area contributed by atoms with Gasteiger partial charge < -0.3 is 9.67 Å². The normalized spacial score (nSPS) is 17.5. The van der Waals surface area contributed by atoms with Crippen LogP contribution in [0.25, 0.3) is 11.8 Å². The average molecular weight is 398 g/mol. The highest BCUT2D eigenvalue weighted by atomic mass is 16.4. The Labute approximate surface area is 172 Å². The van der Waals surface area contributed by atoms with Gasteiger partial charge in [-0.3, -0.25) is 4.79 Å². The average Bonchev–Trinajstić information content (AvgIpc) is 3.35. The minimum Gasteiger partial charge on any atom is -0.478 e. The molecule has 2 aliphatic rings. The van der Waals surface area contributed by atoms with Gasteiger partial charge in [0.15, 0.2) is 0 Å². The van der Waals surface area contributed by atoms with Crippen LogP contribution in [0.1, 0.15) is 28.8 Å². The molecule has 1 aliphatic carbocycles. The van der Waals surface area contributed by atoms with Crippen LogP contribution in [-0.2, 0) is 4.79 Å². The van der Waals surface area contributed by atoms with Crippen molar-refractivity contribution >= 4 is 29.4 Å². The highest BCUT2D eigenvalue weighted by Crippen LogP contribution is 2.38. The standard InChI is InChI=1S/C23H18N4O3/c28-22-20(13-15-1-7-18(8-2-15)26-12-11-24-14-26)21(16-3-4-16)25-27(22)19-9-5-17(6-10-19)23(29)30/h1-2,5-14,16H,3-4H2,(H,29,30)/b20-13-. The predicted octanol–water partition coefficient (Wildman–Crippen LogP) is 3.77. The number of hydrogen-bond acceptors (Lipinski definition) is 4. The molecule has 1 N–H and O–H groups in total. The number of carbonyl (C=O) groups is 2. The van der Waals surface area contributed by atoms with Crippen LogP contribution in [0.3, 0.4) is 0 Å².